The van der Waals surface area contributed by atoms with Gasteiger partial charge in [-0.3, -0.25) is 4.79 Å². The highest BCUT2D eigenvalue weighted by atomic mass is 19.3. The molecule has 0 saturated heterocycles. The van der Waals surface area contributed by atoms with E-state index in [-0.39, 0.29) is 0 Å². The third-order valence-corrected chi connectivity index (χ3v) is 3.62. The third-order valence-electron chi connectivity index (χ3n) is 3.62. The second kappa shape index (κ2) is 9.50. The highest BCUT2D eigenvalue weighted by Gasteiger charge is 2.24. The quantitative estimate of drug-likeness (QED) is 0.718. The molecule has 0 aromatic heterocycles. The molecule has 7 heteroatoms. The number of carboxylic acid groups (broad SMARTS) is 1. The fourth-order valence-corrected chi connectivity index (χ4v) is 2.39. The summed E-state index contributed by atoms with van der Waals surface area (Å²) >= 11 is 0. The highest BCUT2D eigenvalue weighted by Crippen LogP contribution is 2.21. The number of halogens is 2. The molecule has 0 spiro atoms. The molecule has 26 heavy (non-hydrogen) atoms. The van der Waals surface area contributed by atoms with Crippen LogP contribution < -0.4 is 10.1 Å². The molecule has 0 aliphatic carbocycles. The molecule has 1 amide bonds. The Bertz CT molecular complexity index is 737. The van der Waals surface area contributed by atoms with Crippen LogP contribution >= 0.6 is 0 Å². The van der Waals surface area contributed by atoms with Crippen molar-refractivity contribution in [3.63, 3.8) is 0 Å². The van der Waals surface area contributed by atoms with Gasteiger partial charge in [0.05, 0.1) is 0 Å². The molecular weight excluding hydrogens is 344 g/mol. The zero-order valence-corrected chi connectivity index (χ0v) is 13.9. The van der Waals surface area contributed by atoms with Crippen molar-refractivity contribution in [2.24, 2.45) is 0 Å². The number of alkyl halides is 2. The number of benzene rings is 2. The molecule has 138 valence electrons. The van der Waals surface area contributed by atoms with E-state index in [9.17, 15) is 18.4 Å². The Labute approximate surface area is 149 Å². The number of carbonyl (C=O) groups excluding carboxylic acids is 1. The van der Waals surface area contributed by atoms with Gasteiger partial charge in [0.15, 0.2) is 6.61 Å². The van der Waals surface area contributed by atoms with Crippen LogP contribution in [0, 0.1) is 0 Å². The van der Waals surface area contributed by atoms with Crippen molar-refractivity contribution in [1.82, 2.24) is 5.32 Å². The summed E-state index contributed by atoms with van der Waals surface area (Å²) in [5, 5.41) is 10.9. The van der Waals surface area contributed by atoms with E-state index >= 15 is 0 Å². The zero-order chi connectivity index (χ0) is 18.9. The zero-order valence-electron chi connectivity index (χ0n) is 13.9. The summed E-state index contributed by atoms with van der Waals surface area (Å²) < 4.78 is 30.2. The predicted molar refractivity (Wildman–Crippen MR) is 91.4 cm³/mol. The lowest BCUT2D eigenvalue weighted by Crippen LogP contribution is -2.44. The summed E-state index contributed by atoms with van der Waals surface area (Å²) in [4.78, 5) is 22.8. The van der Waals surface area contributed by atoms with Gasteiger partial charge in [-0.25, -0.2) is 13.6 Å². The van der Waals surface area contributed by atoms with Crippen LogP contribution in [0.25, 0.3) is 0 Å². The van der Waals surface area contributed by atoms with Gasteiger partial charge in [0.2, 0.25) is 6.43 Å². The van der Waals surface area contributed by atoms with Crippen molar-refractivity contribution in [3.8, 4) is 5.75 Å². The predicted octanol–water partition coefficient (Wildman–Crippen LogP) is 2.88. The molecule has 0 aliphatic rings. The maximum absolute atomic E-state index is 12.4. The highest BCUT2D eigenvalue weighted by molar-refractivity contribution is 5.84. The van der Waals surface area contributed by atoms with Crippen molar-refractivity contribution < 1.29 is 28.2 Å². The minimum atomic E-state index is -2.83. The molecule has 0 saturated carbocycles. The van der Waals surface area contributed by atoms with Gasteiger partial charge in [-0.15, -0.1) is 0 Å². The van der Waals surface area contributed by atoms with Gasteiger partial charge >= 0.3 is 5.97 Å². The Kier molecular flexibility index (Phi) is 7.08. The molecule has 1 unspecified atom stereocenters. The van der Waals surface area contributed by atoms with Crippen molar-refractivity contribution >= 4 is 11.9 Å². The Balaban J connectivity index is 1.96. The van der Waals surface area contributed by atoms with Crippen molar-refractivity contribution in [1.29, 1.82) is 0 Å². The lowest BCUT2D eigenvalue weighted by atomic mass is 10.0. The molecule has 0 heterocycles. The number of nitrogens with one attached hydrogen (secondary N) is 1. The molecule has 2 N–H and O–H groups in total. The molecule has 0 radical (unpaired) electrons. The number of amides is 1. The number of carbonyl (C=O) groups is 2. The summed E-state index contributed by atoms with van der Waals surface area (Å²) in [6.07, 6.45) is -3.18. The topological polar surface area (TPSA) is 75.6 Å². The molecule has 2 rings (SSSR count). The third kappa shape index (κ3) is 6.16. The molecule has 0 fully saturated rings. The number of hydrogen-bond donors (Lipinski definition) is 2. The van der Waals surface area contributed by atoms with Gasteiger partial charge < -0.3 is 15.2 Å². The van der Waals surface area contributed by atoms with Gasteiger partial charge in [0.1, 0.15) is 11.8 Å². The first kappa shape index (κ1) is 19.4. The van der Waals surface area contributed by atoms with Gasteiger partial charge in [0, 0.05) is 12.8 Å². The Morgan fingerprint density at radius 2 is 1.69 bits per heavy atom. The van der Waals surface area contributed by atoms with Crippen molar-refractivity contribution in [2.45, 2.75) is 25.3 Å². The molecular formula is C19H19F2NO4. The van der Waals surface area contributed by atoms with Gasteiger partial charge in [-0.1, -0.05) is 48.5 Å². The summed E-state index contributed by atoms with van der Waals surface area (Å²) in [7, 11) is 0. The fourth-order valence-electron chi connectivity index (χ4n) is 2.39. The SMILES string of the molecule is O=C(COc1ccccc1Cc1ccccc1)NC(CC(F)F)C(=O)O. The lowest BCUT2D eigenvalue weighted by Gasteiger charge is -2.15. The first-order chi connectivity index (χ1) is 12.5. The first-order valence-corrected chi connectivity index (χ1v) is 8.00. The molecule has 0 bridgehead atoms. The summed E-state index contributed by atoms with van der Waals surface area (Å²) in [5.41, 5.74) is 1.92. The average Bonchev–Trinajstić information content (AvgIpc) is 2.61. The van der Waals surface area contributed by atoms with E-state index in [0.717, 1.165) is 11.1 Å². The number of ether oxygens (including phenoxy) is 1. The summed E-state index contributed by atoms with van der Waals surface area (Å²) in [5.74, 6) is -1.80. The van der Waals surface area contributed by atoms with Crippen LogP contribution in [0.1, 0.15) is 17.5 Å². The van der Waals surface area contributed by atoms with Crippen LogP contribution in [0.15, 0.2) is 54.6 Å². The van der Waals surface area contributed by atoms with Crippen molar-refractivity contribution in [2.75, 3.05) is 6.61 Å². The van der Waals surface area contributed by atoms with E-state index in [1.807, 2.05) is 47.8 Å². The van der Waals surface area contributed by atoms with Crippen LogP contribution in [0.5, 0.6) is 5.75 Å². The van der Waals surface area contributed by atoms with Gasteiger partial charge in [-0.2, -0.15) is 0 Å². The number of para-hydroxylation sites is 1. The van der Waals surface area contributed by atoms with E-state index in [4.69, 9.17) is 9.84 Å². The lowest BCUT2D eigenvalue weighted by molar-refractivity contribution is -0.143. The number of rotatable bonds is 9. The second-order valence-corrected chi connectivity index (χ2v) is 5.64. The largest absolute Gasteiger partial charge is 0.483 e. The van der Waals surface area contributed by atoms with E-state index in [1.165, 1.54) is 0 Å². The van der Waals surface area contributed by atoms with Crippen LogP contribution in [-0.2, 0) is 16.0 Å². The van der Waals surface area contributed by atoms with E-state index in [2.05, 4.69) is 0 Å². The summed E-state index contributed by atoms with van der Waals surface area (Å²) in [6, 6.07) is 15.2. The van der Waals surface area contributed by atoms with Crippen LogP contribution in [0.3, 0.4) is 0 Å². The molecule has 1 atom stereocenters. The van der Waals surface area contributed by atoms with Gasteiger partial charge in [-0.05, 0) is 17.2 Å². The van der Waals surface area contributed by atoms with Crippen LogP contribution in [-0.4, -0.2) is 36.1 Å². The van der Waals surface area contributed by atoms with Crippen LogP contribution in [0.4, 0.5) is 8.78 Å². The van der Waals surface area contributed by atoms with E-state index in [1.54, 1.807) is 12.1 Å². The average molecular weight is 363 g/mol. The second-order valence-electron chi connectivity index (χ2n) is 5.64. The normalized spacial score (nSPS) is 11.8. The summed E-state index contributed by atoms with van der Waals surface area (Å²) in [6.45, 7) is -0.460. The Morgan fingerprint density at radius 3 is 2.35 bits per heavy atom. The minimum absolute atomic E-state index is 0.460. The monoisotopic (exact) mass is 363 g/mol. The Hall–Kier alpha value is -2.96. The number of aliphatic carboxylic acids is 1. The molecule has 5 nitrogen and oxygen atoms in total. The maximum atomic E-state index is 12.4. The minimum Gasteiger partial charge on any atom is -0.483 e. The molecule has 0 aliphatic heterocycles. The maximum Gasteiger partial charge on any atom is 0.326 e. The van der Waals surface area contributed by atoms with Gasteiger partial charge in [0.25, 0.3) is 5.91 Å². The van der Waals surface area contributed by atoms with Crippen LogP contribution in [0.2, 0.25) is 0 Å². The molecule has 2 aromatic rings. The van der Waals surface area contributed by atoms with E-state index in [0.29, 0.717) is 12.2 Å². The van der Waals surface area contributed by atoms with E-state index < -0.39 is 37.4 Å². The molecule has 2 aromatic carbocycles. The van der Waals surface area contributed by atoms with Crippen molar-refractivity contribution in [3.05, 3.63) is 65.7 Å². The first-order valence-electron chi connectivity index (χ1n) is 8.00. The fraction of sp³-hybridized carbons (Fsp3) is 0.263. The number of carboxylic acids is 1. The smallest absolute Gasteiger partial charge is 0.326 e. The number of hydrogen-bond acceptors (Lipinski definition) is 3. The standard InChI is InChI=1S/C19H19F2NO4/c20-17(21)11-15(19(24)25)22-18(23)12-26-16-9-5-4-8-14(16)10-13-6-2-1-3-7-13/h1-9,15,17H,10-12H2,(H,22,23)(H,24,25). The Morgan fingerprint density at radius 1 is 1.04 bits per heavy atom.